The third-order valence-electron chi connectivity index (χ3n) is 6.63. The molecule has 3 aromatic rings. The van der Waals surface area contributed by atoms with E-state index in [2.05, 4.69) is 86.5 Å². The van der Waals surface area contributed by atoms with Crippen molar-refractivity contribution in [2.45, 2.75) is 44.8 Å². The summed E-state index contributed by atoms with van der Waals surface area (Å²) in [6.07, 6.45) is 0.699. The average molecular weight is 458 g/mol. The molecule has 1 aliphatic rings. The lowest BCUT2D eigenvalue weighted by Gasteiger charge is -2.34. The van der Waals surface area contributed by atoms with E-state index in [9.17, 15) is 4.79 Å². The smallest absolute Gasteiger partial charge is 0.335 e. The van der Waals surface area contributed by atoms with Crippen molar-refractivity contribution in [3.05, 3.63) is 101 Å². The highest BCUT2D eigenvalue weighted by atomic mass is 16.6. The van der Waals surface area contributed by atoms with E-state index in [1.807, 2.05) is 18.2 Å². The molecule has 0 amide bonds. The number of esters is 1. The fraction of sp³-hybridized carbons (Fsp3) is 0.367. The first kappa shape index (κ1) is 24.0. The van der Waals surface area contributed by atoms with Gasteiger partial charge in [-0.15, -0.1) is 0 Å². The number of anilines is 1. The Labute approximate surface area is 203 Å². The molecule has 1 unspecified atom stereocenters. The van der Waals surface area contributed by atoms with Crippen LogP contribution in [0.4, 0.5) is 5.69 Å². The number of likely N-dealkylation sites (N-methyl/N-ethyl adjacent to an activating group) is 1. The van der Waals surface area contributed by atoms with Gasteiger partial charge >= 0.3 is 5.97 Å². The lowest BCUT2D eigenvalue weighted by atomic mass is 9.86. The van der Waals surface area contributed by atoms with E-state index in [4.69, 9.17) is 9.47 Å². The molecule has 3 atom stereocenters. The second kappa shape index (κ2) is 10.9. The Morgan fingerprint density at radius 3 is 2.26 bits per heavy atom. The van der Waals surface area contributed by atoms with Gasteiger partial charge in [0, 0.05) is 25.2 Å². The maximum Gasteiger partial charge on any atom is 0.335 e. The number of fused-ring (bicyclic) bond motifs is 1. The highest BCUT2D eigenvalue weighted by molar-refractivity contribution is 5.74. The molecule has 1 heterocycles. The predicted octanol–water partition coefficient (Wildman–Crippen LogP) is 6.16. The molecule has 0 radical (unpaired) electrons. The number of hydrogen-bond acceptors (Lipinski definition) is 4. The lowest BCUT2D eigenvalue weighted by Crippen LogP contribution is -2.31. The molecule has 0 bridgehead atoms. The zero-order chi connectivity index (χ0) is 24.1. The molecule has 178 valence electrons. The quantitative estimate of drug-likeness (QED) is 0.380. The molecule has 0 saturated carbocycles. The minimum Gasteiger partial charge on any atom is -0.467 e. The normalized spacial score (nSPS) is 17.2. The summed E-state index contributed by atoms with van der Waals surface area (Å²) in [5.41, 5.74) is 6.11. The van der Waals surface area contributed by atoms with Gasteiger partial charge in [0.05, 0.1) is 7.11 Å². The standard InChI is InChI=1S/C30H35NO3/c1-21(2)18-28(30(32)33-4)34-29(23-10-6-5-7-11-23)24-16-14-22(15-17-24)26-19-25-12-8-9-13-27(25)31(3)20-26/h5-17,21,26,28-29H,18-20H2,1-4H3/t26-,28-,29?/m0/s1. The Morgan fingerprint density at radius 1 is 0.941 bits per heavy atom. The first-order valence-corrected chi connectivity index (χ1v) is 12.1. The minimum atomic E-state index is -0.613. The van der Waals surface area contributed by atoms with Gasteiger partial charge in [0.15, 0.2) is 6.10 Å². The number of methoxy groups -OCH3 is 1. The monoisotopic (exact) mass is 457 g/mol. The third kappa shape index (κ3) is 5.51. The van der Waals surface area contributed by atoms with Crippen molar-refractivity contribution in [3.8, 4) is 0 Å². The third-order valence-corrected chi connectivity index (χ3v) is 6.63. The van der Waals surface area contributed by atoms with Gasteiger partial charge in [-0.05, 0) is 47.1 Å². The molecule has 0 fully saturated rings. The first-order chi connectivity index (χ1) is 16.5. The first-order valence-electron chi connectivity index (χ1n) is 12.1. The number of rotatable bonds is 8. The molecule has 34 heavy (non-hydrogen) atoms. The van der Waals surface area contributed by atoms with Crippen LogP contribution in [-0.2, 0) is 20.7 Å². The molecule has 3 aromatic carbocycles. The van der Waals surface area contributed by atoms with Crippen molar-refractivity contribution in [3.63, 3.8) is 0 Å². The average Bonchev–Trinajstić information content (AvgIpc) is 2.86. The summed E-state index contributed by atoms with van der Waals surface area (Å²) in [6, 6.07) is 27.5. The van der Waals surface area contributed by atoms with Gasteiger partial charge in [0.25, 0.3) is 0 Å². The van der Waals surface area contributed by atoms with Crippen LogP contribution >= 0.6 is 0 Å². The molecule has 4 rings (SSSR count). The summed E-state index contributed by atoms with van der Waals surface area (Å²) >= 11 is 0. The van der Waals surface area contributed by atoms with Crippen LogP contribution in [0.3, 0.4) is 0 Å². The number of para-hydroxylation sites is 1. The van der Waals surface area contributed by atoms with Crippen molar-refractivity contribution in [1.29, 1.82) is 0 Å². The number of carbonyl (C=O) groups excluding carboxylic acids is 1. The van der Waals surface area contributed by atoms with Crippen molar-refractivity contribution in [1.82, 2.24) is 0 Å². The summed E-state index contributed by atoms with van der Waals surface area (Å²) in [6.45, 7) is 5.17. The lowest BCUT2D eigenvalue weighted by molar-refractivity contribution is -0.158. The van der Waals surface area contributed by atoms with Gasteiger partial charge in [-0.25, -0.2) is 4.79 Å². The van der Waals surface area contributed by atoms with E-state index in [-0.39, 0.29) is 12.1 Å². The van der Waals surface area contributed by atoms with Crippen LogP contribution in [0.5, 0.6) is 0 Å². The summed E-state index contributed by atoms with van der Waals surface area (Å²) in [4.78, 5) is 14.8. The van der Waals surface area contributed by atoms with Crippen LogP contribution in [0.1, 0.15) is 54.5 Å². The SMILES string of the molecule is COC(=O)[C@H](CC(C)C)OC(c1ccccc1)c1ccc([C@H]2Cc3ccccc3N(C)C2)cc1. The Morgan fingerprint density at radius 2 is 1.59 bits per heavy atom. The molecular formula is C30H35NO3. The van der Waals surface area contributed by atoms with Crippen LogP contribution < -0.4 is 4.90 Å². The van der Waals surface area contributed by atoms with Gasteiger partial charge in [-0.2, -0.15) is 0 Å². The van der Waals surface area contributed by atoms with Crippen molar-refractivity contribution >= 4 is 11.7 Å². The Kier molecular flexibility index (Phi) is 7.69. The summed E-state index contributed by atoms with van der Waals surface area (Å²) in [5, 5.41) is 0. The maximum atomic E-state index is 12.5. The van der Waals surface area contributed by atoms with E-state index in [1.54, 1.807) is 0 Å². The second-order valence-corrected chi connectivity index (χ2v) is 9.65. The number of hydrogen-bond donors (Lipinski definition) is 0. The van der Waals surface area contributed by atoms with E-state index in [0.717, 1.165) is 24.1 Å². The van der Waals surface area contributed by atoms with Gasteiger partial charge in [0.2, 0.25) is 0 Å². The Hall–Kier alpha value is -3.11. The van der Waals surface area contributed by atoms with E-state index in [0.29, 0.717) is 18.3 Å². The van der Waals surface area contributed by atoms with Crippen LogP contribution in [0, 0.1) is 5.92 Å². The molecule has 4 nitrogen and oxygen atoms in total. The molecule has 0 saturated heterocycles. The number of carbonyl (C=O) groups is 1. The number of benzene rings is 3. The van der Waals surface area contributed by atoms with Crippen LogP contribution in [-0.4, -0.2) is 32.8 Å². The Bertz CT molecular complexity index is 1080. The van der Waals surface area contributed by atoms with Crippen LogP contribution in [0.2, 0.25) is 0 Å². The highest BCUT2D eigenvalue weighted by Gasteiger charge is 2.28. The van der Waals surface area contributed by atoms with Crippen molar-refractivity contribution < 1.29 is 14.3 Å². The summed E-state index contributed by atoms with van der Waals surface area (Å²) < 4.78 is 11.5. The summed E-state index contributed by atoms with van der Waals surface area (Å²) in [5.74, 6) is 0.429. The van der Waals surface area contributed by atoms with E-state index >= 15 is 0 Å². The van der Waals surface area contributed by atoms with E-state index in [1.165, 1.54) is 23.9 Å². The molecule has 0 spiro atoms. The molecule has 0 aromatic heterocycles. The van der Waals surface area contributed by atoms with E-state index < -0.39 is 6.10 Å². The Balaban J connectivity index is 1.60. The van der Waals surface area contributed by atoms with Gasteiger partial charge in [-0.1, -0.05) is 86.6 Å². The molecule has 1 aliphatic heterocycles. The topological polar surface area (TPSA) is 38.8 Å². The van der Waals surface area contributed by atoms with Crippen molar-refractivity contribution in [2.75, 3.05) is 25.6 Å². The number of nitrogens with zero attached hydrogens (tertiary/aromatic N) is 1. The van der Waals surface area contributed by atoms with Gasteiger partial charge in [-0.3, -0.25) is 0 Å². The largest absolute Gasteiger partial charge is 0.467 e. The maximum absolute atomic E-state index is 12.5. The number of ether oxygens (including phenoxy) is 2. The van der Waals surface area contributed by atoms with Crippen LogP contribution in [0.15, 0.2) is 78.9 Å². The zero-order valence-corrected chi connectivity index (χ0v) is 20.6. The predicted molar refractivity (Wildman–Crippen MR) is 137 cm³/mol. The fourth-order valence-corrected chi connectivity index (χ4v) is 4.89. The van der Waals surface area contributed by atoms with Crippen LogP contribution in [0.25, 0.3) is 0 Å². The second-order valence-electron chi connectivity index (χ2n) is 9.65. The van der Waals surface area contributed by atoms with Gasteiger partial charge in [0.1, 0.15) is 6.10 Å². The molecule has 0 aliphatic carbocycles. The summed E-state index contributed by atoms with van der Waals surface area (Å²) in [7, 11) is 3.59. The molecule has 4 heteroatoms. The van der Waals surface area contributed by atoms with Gasteiger partial charge < -0.3 is 14.4 Å². The van der Waals surface area contributed by atoms with Crippen molar-refractivity contribution in [2.24, 2.45) is 5.92 Å². The minimum absolute atomic E-state index is 0.314. The molecule has 0 N–H and O–H groups in total. The molecular weight excluding hydrogens is 422 g/mol. The highest BCUT2D eigenvalue weighted by Crippen LogP contribution is 2.35. The fourth-order valence-electron chi connectivity index (χ4n) is 4.89. The zero-order valence-electron chi connectivity index (χ0n) is 20.6.